The molecule has 0 aromatic heterocycles. The van der Waals surface area contributed by atoms with Crippen LogP contribution in [-0.2, 0) is 4.74 Å². The minimum Gasteiger partial charge on any atom is -0.383 e. The van der Waals surface area contributed by atoms with E-state index in [2.05, 4.69) is 52.8 Å². The molecular weight excluding hydrogens is 332 g/mol. The van der Waals surface area contributed by atoms with E-state index in [1.165, 1.54) is 24.3 Å². The minimum absolute atomic E-state index is 0.546. The van der Waals surface area contributed by atoms with E-state index >= 15 is 0 Å². The molecular formula is C19H32N4OS. The summed E-state index contributed by atoms with van der Waals surface area (Å²) in [6.45, 7) is 7.73. The Kier molecular flexibility index (Phi) is 9.77. The van der Waals surface area contributed by atoms with Gasteiger partial charge in [0, 0.05) is 43.4 Å². The first-order valence-electron chi connectivity index (χ1n) is 9.26. The highest BCUT2D eigenvalue weighted by molar-refractivity contribution is 7.99. The molecule has 0 saturated carbocycles. The number of aliphatic imine (C=N–C) groups is 1. The number of likely N-dealkylation sites (tertiary alicyclic amines) is 1. The predicted octanol–water partition coefficient (Wildman–Crippen LogP) is 2.44. The smallest absolute Gasteiger partial charge is 0.191 e. The molecule has 140 valence electrons. The van der Waals surface area contributed by atoms with Gasteiger partial charge in [0.25, 0.3) is 0 Å². The SMILES string of the molecule is CCNC(=NCC1CCCN1CCOC)NCCSc1ccccc1. The van der Waals surface area contributed by atoms with Crippen LogP contribution in [0, 0.1) is 0 Å². The number of methoxy groups -OCH3 is 1. The van der Waals surface area contributed by atoms with Crippen LogP contribution in [-0.4, -0.2) is 69.1 Å². The lowest BCUT2D eigenvalue weighted by molar-refractivity contribution is 0.143. The molecule has 1 saturated heterocycles. The molecule has 1 atom stereocenters. The third kappa shape index (κ3) is 7.67. The number of nitrogens with zero attached hydrogens (tertiary/aromatic N) is 2. The molecule has 0 amide bonds. The number of guanidine groups is 1. The van der Waals surface area contributed by atoms with Crippen molar-refractivity contribution in [1.82, 2.24) is 15.5 Å². The summed E-state index contributed by atoms with van der Waals surface area (Å²) in [6.07, 6.45) is 2.50. The molecule has 1 aromatic rings. The van der Waals surface area contributed by atoms with Crippen LogP contribution < -0.4 is 10.6 Å². The highest BCUT2D eigenvalue weighted by atomic mass is 32.2. The fourth-order valence-electron chi connectivity index (χ4n) is 3.00. The first kappa shape index (κ1) is 20.1. The van der Waals surface area contributed by atoms with Crippen LogP contribution in [0.15, 0.2) is 40.2 Å². The van der Waals surface area contributed by atoms with Gasteiger partial charge in [-0.2, -0.15) is 0 Å². The summed E-state index contributed by atoms with van der Waals surface area (Å²) >= 11 is 1.87. The number of thioether (sulfide) groups is 1. The van der Waals surface area contributed by atoms with Crippen molar-refractivity contribution >= 4 is 17.7 Å². The Hall–Kier alpha value is -1.24. The molecule has 1 unspecified atom stereocenters. The molecule has 6 heteroatoms. The van der Waals surface area contributed by atoms with Crippen molar-refractivity contribution in [3.8, 4) is 0 Å². The van der Waals surface area contributed by atoms with E-state index < -0.39 is 0 Å². The molecule has 1 aliphatic heterocycles. The van der Waals surface area contributed by atoms with E-state index in [-0.39, 0.29) is 0 Å². The standard InChI is InChI=1S/C19H32N4OS/c1-3-20-19(21-11-15-25-18-9-5-4-6-10-18)22-16-17-8-7-12-23(17)13-14-24-2/h4-6,9-10,17H,3,7-8,11-16H2,1-2H3,(H2,20,21,22). The first-order valence-corrected chi connectivity index (χ1v) is 10.2. The Balaban J connectivity index is 1.73. The quantitative estimate of drug-likeness (QED) is 0.289. The third-order valence-electron chi connectivity index (χ3n) is 4.29. The van der Waals surface area contributed by atoms with Gasteiger partial charge in [-0.15, -0.1) is 11.8 Å². The molecule has 1 heterocycles. The van der Waals surface area contributed by atoms with Crippen molar-refractivity contribution in [2.45, 2.75) is 30.7 Å². The van der Waals surface area contributed by atoms with Crippen LogP contribution in [0.2, 0.25) is 0 Å². The van der Waals surface area contributed by atoms with Gasteiger partial charge in [-0.05, 0) is 38.4 Å². The zero-order chi connectivity index (χ0) is 17.7. The number of hydrogen-bond donors (Lipinski definition) is 2. The van der Waals surface area contributed by atoms with Gasteiger partial charge in [0.2, 0.25) is 0 Å². The van der Waals surface area contributed by atoms with Gasteiger partial charge in [-0.1, -0.05) is 18.2 Å². The molecule has 0 radical (unpaired) electrons. The van der Waals surface area contributed by atoms with Crippen molar-refractivity contribution in [3.63, 3.8) is 0 Å². The molecule has 1 fully saturated rings. The summed E-state index contributed by atoms with van der Waals surface area (Å²) in [6, 6.07) is 11.1. The predicted molar refractivity (Wildman–Crippen MR) is 108 cm³/mol. The van der Waals surface area contributed by atoms with E-state index in [0.29, 0.717) is 6.04 Å². The van der Waals surface area contributed by atoms with Crippen LogP contribution in [0.3, 0.4) is 0 Å². The second-order valence-corrected chi connectivity index (χ2v) is 7.30. The number of benzene rings is 1. The van der Waals surface area contributed by atoms with Crippen LogP contribution >= 0.6 is 11.8 Å². The largest absolute Gasteiger partial charge is 0.383 e. The zero-order valence-corrected chi connectivity index (χ0v) is 16.4. The van der Waals surface area contributed by atoms with Gasteiger partial charge in [-0.3, -0.25) is 9.89 Å². The lowest BCUT2D eigenvalue weighted by Gasteiger charge is -2.23. The van der Waals surface area contributed by atoms with Crippen LogP contribution in [0.5, 0.6) is 0 Å². The second-order valence-electron chi connectivity index (χ2n) is 6.13. The van der Waals surface area contributed by atoms with Gasteiger partial charge < -0.3 is 15.4 Å². The highest BCUT2D eigenvalue weighted by Crippen LogP contribution is 2.17. The molecule has 1 aliphatic rings. The van der Waals surface area contributed by atoms with E-state index in [9.17, 15) is 0 Å². The molecule has 0 bridgehead atoms. The summed E-state index contributed by atoms with van der Waals surface area (Å²) in [5.41, 5.74) is 0. The lowest BCUT2D eigenvalue weighted by atomic mass is 10.2. The summed E-state index contributed by atoms with van der Waals surface area (Å²) in [7, 11) is 1.77. The molecule has 25 heavy (non-hydrogen) atoms. The molecule has 5 nitrogen and oxygen atoms in total. The molecule has 0 aliphatic carbocycles. The Bertz CT molecular complexity index is 497. The van der Waals surface area contributed by atoms with E-state index in [1.807, 2.05) is 11.8 Å². The monoisotopic (exact) mass is 364 g/mol. The number of ether oxygens (including phenoxy) is 1. The zero-order valence-electron chi connectivity index (χ0n) is 15.5. The Morgan fingerprint density at radius 3 is 2.92 bits per heavy atom. The van der Waals surface area contributed by atoms with Gasteiger partial charge in [-0.25, -0.2) is 0 Å². The van der Waals surface area contributed by atoms with Crippen LogP contribution in [0.1, 0.15) is 19.8 Å². The van der Waals surface area contributed by atoms with E-state index in [0.717, 1.165) is 44.5 Å². The maximum Gasteiger partial charge on any atom is 0.191 e. The van der Waals surface area contributed by atoms with Crippen molar-refractivity contribution in [1.29, 1.82) is 0 Å². The normalized spacial score (nSPS) is 18.5. The van der Waals surface area contributed by atoms with Crippen molar-refractivity contribution < 1.29 is 4.74 Å². The van der Waals surface area contributed by atoms with Crippen LogP contribution in [0.25, 0.3) is 0 Å². The Morgan fingerprint density at radius 2 is 2.16 bits per heavy atom. The molecule has 2 rings (SSSR count). The first-order chi connectivity index (χ1) is 12.3. The molecule has 1 aromatic carbocycles. The van der Waals surface area contributed by atoms with E-state index in [1.54, 1.807) is 7.11 Å². The van der Waals surface area contributed by atoms with Gasteiger partial charge >= 0.3 is 0 Å². The topological polar surface area (TPSA) is 48.9 Å². The van der Waals surface area contributed by atoms with Gasteiger partial charge in [0.05, 0.1) is 13.2 Å². The summed E-state index contributed by atoms with van der Waals surface area (Å²) in [5, 5.41) is 6.80. The molecule has 0 spiro atoms. The van der Waals surface area contributed by atoms with Gasteiger partial charge in [0.1, 0.15) is 0 Å². The minimum atomic E-state index is 0.546. The van der Waals surface area contributed by atoms with Crippen LogP contribution in [0.4, 0.5) is 0 Å². The summed E-state index contributed by atoms with van der Waals surface area (Å²) in [4.78, 5) is 8.61. The number of rotatable bonds is 10. The fourth-order valence-corrected chi connectivity index (χ4v) is 3.79. The maximum absolute atomic E-state index is 5.21. The molecule has 2 N–H and O–H groups in total. The Labute approximate surface area is 156 Å². The van der Waals surface area contributed by atoms with Crippen molar-refractivity contribution in [2.75, 3.05) is 52.2 Å². The Morgan fingerprint density at radius 1 is 1.32 bits per heavy atom. The van der Waals surface area contributed by atoms with Gasteiger partial charge in [0.15, 0.2) is 5.96 Å². The lowest BCUT2D eigenvalue weighted by Crippen LogP contribution is -2.40. The fraction of sp³-hybridized carbons (Fsp3) is 0.632. The second kappa shape index (κ2) is 12.2. The highest BCUT2D eigenvalue weighted by Gasteiger charge is 2.23. The third-order valence-corrected chi connectivity index (χ3v) is 5.31. The van der Waals surface area contributed by atoms with Crippen molar-refractivity contribution in [3.05, 3.63) is 30.3 Å². The van der Waals surface area contributed by atoms with E-state index in [4.69, 9.17) is 9.73 Å². The average molecular weight is 365 g/mol. The van der Waals surface area contributed by atoms with Crippen molar-refractivity contribution in [2.24, 2.45) is 4.99 Å². The average Bonchev–Trinajstić information content (AvgIpc) is 3.09. The summed E-state index contributed by atoms with van der Waals surface area (Å²) < 4.78 is 5.21. The maximum atomic E-state index is 5.21. The number of nitrogens with one attached hydrogen (secondary N) is 2. The number of hydrogen-bond acceptors (Lipinski definition) is 4. The summed E-state index contributed by atoms with van der Waals surface area (Å²) in [5.74, 6) is 1.95.